The van der Waals surface area contributed by atoms with Crippen LogP contribution in [0.3, 0.4) is 0 Å². The fraction of sp³-hybridized carbons (Fsp3) is 0.417. The van der Waals surface area contributed by atoms with Crippen LogP contribution in [-0.2, 0) is 4.79 Å². The first kappa shape index (κ1) is 10.3. The monoisotopic (exact) mass is 230 g/mol. The molecule has 17 heavy (non-hydrogen) atoms. The van der Waals surface area contributed by atoms with E-state index >= 15 is 0 Å². The van der Waals surface area contributed by atoms with Crippen LogP contribution in [0.2, 0.25) is 0 Å². The van der Waals surface area contributed by atoms with E-state index in [1.165, 1.54) is 5.01 Å². The fourth-order valence-electron chi connectivity index (χ4n) is 2.27. The van der Waals surface area contributed by atoms with E-state index in [9.17, 15) is 4.79 Å². The van der Waals surface area contributed by atoms with Gasteiger partial charge in [-0.3, -0.25) is 4.79 Å². The van der Waals surface area contributed by atoms with Crippen molar-refractivity contribution in [2.24, 2.45) is 16.9 Å². The number of hydrazone groups is 1. The maximum Gasteiger partial charge on any atom is 0.257 e. The van der Waals surface area contributed by atoms with E-state index in [-0.39, 0.29) is 11.8 Å². The van der Waals surface area contributed by atoms with Crippen molar-refractivity contribution in [1.29, 1.82) is 0 Å². The maximum absolute atomic E-state index is 12.2. The second-order valence-corrected chi connectivity index (χ2v) is 4.65. The predicted molar refractivity (Wildman–Crippen MR) is 65.5 cm³/mol. The molecule has 88 valence electrons. The number of aromatic nitrogens is 1. The highest BCUT2D eigenvalue weighted by Gasteiger charge is 2.44. The van der Waals surface area contributed by atoms with Crippen LogP contribution in [0.4, 0.5) is 11.5 Å². The molecule has 1 atom stereocenters. The molecular formula is C12H14N4O. The van der Waals surface area contributed by atoms with Crippen molar-refractivity contribution in [2.75, 3.05) is 10.7 Å². The molecule has 5 nitrogen and oxygen atoms in total. The normalized spacial score (nSPS) is 24.1. The molecule has 1 amide bonds. The first-order chi connectivity index (χ1) is 8.16. The Kier molecular flexibility index (Phi) is 2.14. The lowest BCUT2D eigenvalue weighted by atomic mass is 9.99. The second-order valence-electron chi connectivity index (χ2n) is 4.65. The summed E-state index contributed by atoms with van der Waals surface area (Å²) in [7, 11) is 0. The van der Waals surface area contributed by atoms with Gasteiger partial charge in [-0.05, 0) is 31.7 Å². The van der Waals surface area contributed by atoms with Crippen molar-refractivity contribution in [3.63, 3.8) is 0 Å². The summed E-state index contributed by atoms with van der Waals surface area (Å²) >= 11 is 0. The fourth-order valence-corrected chi connectivity index (χ4v) is 2.27. The van der Waals surface area contributed by atoms with Gasteiger partial charge in [-0.2, -0.15) is 10.1 Å². The Hall–Kier alpha value is -1.91. The number of carbonyl (C=O) groups excluding carboxylic acids is 1. The van der Waals surface area contributed by atoms with Crippen LogP contribution in [0.25, 0.3) is 0 Å². The number of hydrogen-bond donors (Lipinski definition) is 1. The van der Waals surface area contributed by atoms with Crippen LogP contribution in [0.15, 0.2) is 23.4 Å². The van der Waals surface area contributed by atoms with Crippen molar-refractivity contribution in [3.8, 4) is 0 Å². The van der Waals surface area contributed by atoms with Crippen LogP contribution in [0.1, 0.15) is 19.8 Å². The van der Waals surface area contributed by atoms with Gasteiger partial charge in [0.2, 0.25) is 0 Å². The third-order valence-corrected chi connectivity index (χ3v) is 3.26. The second kappa shape index (κ2) is 3.55. The molecule has 2 N–H and O–H groups in total. The van der Waals surface area contributed by atoms with Gasteiger partial charge in [0, 0.05) is 23.7 Å². The molecule has 1 saturated carbocycles. The van der Waals surface area contributed by atoms with Crippen molar-refractivity contribution in [3.05, 3.63) is 18.3 Å². The van der Waals surface area contributed by atoms with Gasteiger partial charge in [-0.1, -0.05) is 0 Å². The smallest absolute Gasteiger partial charge is 0.257 e. The third kappa shape index (κ3) is 1.67. The molecule has 3 rings (SSSR count). The Morgan fingerprint density at radius 1 is 1.47 bits per heavy atom. The summed E-state index contributed by atoms with van der Waals surface area (Å²) < 4.78 is 0. The standard InChI is InChI=1S/C12H14N4O/c1-7-11(8-2-3-8)12(17)16(15-7)10-6-9(13)4-5-14-10/h4-6,8,11H,2-3H2,1H3,(H2,13,14)/t11-/m0/s1. The number of hydrogen-bond acceptors (Lipinski definition) is 4. The predicted octanol–water partition coefficient (Wildman–Crippen LogP) is 1.41. The third-order valence-electron chi connectivity index (χ3n) is 3.26. The molecule has 2 heterocycles. The number of carbonyl (C=O) groups is 1. The van der Waals surface area contributed by atoms with Gasteiger partial charge in [0.15, 0.2) is 5.82 Å². The number of amides is 1. The van der Waals surface area contributed by atoms with E-state index in [1.54, 1.807) is 18.3 Å². The molecule has 0 unspecified atom stereocenters. The minimum absolute atomic E-state index is 0.0306. The Labute approximate surface area is 99.3 Å². The van der Waals surface area contributed by atoms with Gasteiger partial charge in [0.05, 0.1) is 5.92 Å². The van der Waals surface area contributed by atoms with Gasteiger partial charge in [0.1, 0.15) is 0 Å². The van der Waals surface area contributed by atoms with Gasteiger partial charge in [-0.15, -0.1) is 0 Å². The summed E-state index contributed by atoms with van der Waals surface area (Å²) in [5.41, 5.74) is 7.17. The van der Waals surface area contributed by atoms with E-state index in [4.69, 9.17) is 5.73 Å². The zero-order valence-corrected chi connectivity index (χ0v) is 9.63. The number of nitrogens with two attached hydrogens (primary N) is 1. The zero-order chi connectivity index (χ0) is 12.0. The number of anilines is 2. The van der Waals surface area contributed by atoms with Gasteiger partial charge in [0.25, 0.3) is 5.91 Å². The zero-order valence-electron chi connectivity index (χ0n) is 9.63. The molecule has 1 aliphatic carbocycles. The number of rotatable bonds is 2. The van der Waals surface area contributed by atoms with Crippen molar-refractivity contribution < 1.29 is 4.79 Å². The Morgan fingerprint density at radius 2 is 2.24 bits per heavy atom. The van der Waals surface area contributed by atoms with Crippen molar-refractivity contribution >= 4 is 23.1 Å². The summed E-state index contributed by atoms with van der Waals surface area (Å²) in [6.07, 6.45) is 3.84. The average Bonchev–Trinajstić information content (AvgIpc) is 3.06. The molecule has 0 aromatic carbocycles. The van der Waals surface area contributed by atoms with Crippen LogP contribution in [-0.4, -0.2) is 16.6 Å². The molecule has 0 spiro atoms. The molecule has 0 radical (unpaired) electrons. The SMILES string of the molecule is CC1=NN(c2cc(N)ccn2)C(=O)[C@@H]1C1CC1. The molecular weight excluding hydrogens is 216 g/mol. The van der Waals surface area contributed by atoms with E-state index < -0.39 is 0 Å². The maximum atomic E-state index is 12.2. The van der Waals surface area contributed by atoms with Gasteiger partial charge in [-0.25, -0.2) is 4.98 Å². The Bertz CT molecular complexity index is 507. The topological polar surface area (TPSA) is 71.6 Å². The number of pyridine rings is 1. The summed E-state index contributed by atoms with van der Waals surface area (Å²) in [5, 5.41) is 5.69. The number of nitrogen functional groups attached to an aromatic ring is 1. The van der Waals surface area contributed by atoms with Crippen LogP contribution in [0, 0.1) is 11.8 Å². The number of nitrogens with zero attached hydrogens (tertiary/aromatic N) is 3. The quantitative estimate of drug-likeness (QED) is 0.835. The molecule has 0 saturated heterocycles. The van der Waals surface area contributed by atoms with Crippen molar-refractivity contribution in [1.82, 2.24) is 4.98 Å². The Morgan fingerprint density at radius 3 is 2.88 bits per heavy atom. The average molecular weight is 230 g/mol. The molecule has 2 aliphatic rings. The minimum atomic E-state index is -0.0433. The van der Waals surface area contributed by atoms with E-state index in [2.05, 4.69) is 10.1 Å². The highest BCUT2D eigenvalue weighted by molar-refractivity contribution is 6.14. The van der Waals surface area contributed by atoms with E-state index in [0.29, 0.717) is 17.4 Å². The van der Waals surface area contributed by atoms with Gasteiger partial charge < -0.3 is 5.73 Å². The lowest BCUT2D eigenvalue weighted by molar-refractivity contribution is -0.120. The molecule has 0 bridgehead atoms. The minimum Gasteiger partial charge on any atom is -0.399 e. The lowest BCUT2D eigenvalue weighted by Gasteiger charge is -2.13. The largest absolute Gasteiger partial charge is 0.399 e. The summed E-state index contributed by atoms with van der Waals surface area (Å²) in [6.45, 7) is 1.91. The summed E-state index contributed by atoms with van der Waals surface area (Å²) in [6, 6.07) is 3.36. The molecule has 1 aliphatic heterocycles. The van der Waals surface area contributed by atoms with E-state index in [0.717, 1.165) is 18.6 Å². The molecule has 1 aromatic rings. The van der Waals surface area contributed by atoms with Crippen LogP contribution >= 0.6 is 0 Å². The first-order valence-corrected chi connectivity index (χ1v) is 5.77. The molecule has 1 aromatic heterocycles. The Balaban J connectivity index is 1.92. The summed E-state index contributed by atoms with van der Waals surface area (Å²) in [4.78, 5) is 16.4. The van der Waals surface area contributed by atoms with Gasteiger partial charge >= 0.3 is 0 Å². The molecule has 1 fully saturated rings. The van der Waals surface area contributed by atoms with Crippen LogP contribution in [0.5, 0.6) is 0 Å². The first-order valence-electron chi connectivity index (χ1n) is 5.77. The highest BCUT2D eigenvalue weighted by Crippen LogP contribution is 2.41. The van der Waals surface area contributed by atoms with Crippen molar-refractivity contribution in [2.45, 2.75) is 19.8 Å². The van der Waals surface area contributed by atoms with E-state index in [1.807, 2.05) is 6.92 Å². The van der Waals surface area contributed by atoms with Crippen LogP contribution < -0.4 is 10.7 Å². The summed E-state index contributed by atoms with van der Waals surface area (Å²) in [5.74, 6) is 0.983. The molecule has 5 heteroatoms. The lowest BCUT2D eigenvalue weighted by Crippen LogP contribution is -2.28. The highest BCUT2D eigenvalue weighted by atomic mass is 16.2.